The number of likely N-dealkylation sites (N-methyl/N-ethyl adjacent to an activating group) is 1. The number of anilines is 1. The van der Waals surface area contributed by atoms with Gasteiger partial charge in [0.25, 0.3) is 5.88 Å². The first-order valence-electron chi connectivity index (χ1n) is 5.70. The summed E-state index contributed by atoms with van der Waals surface area (Å²) in [5, 5.41) is 10.8. The lowest BCUT2D eigenvalue weighted by atomic mass is 10.4. The monoisotopic (exact) mass is 255 g/mol. The predicted molar refractivity (Wildman–Crippen MR) is 66.4 cm³/mol. The number of nitrogen functional groups attached to an aromatic ring is 1. The van der Waals surface area contributed by atoms with Crippen molar-refractivity contribution in [3.8, 4) is 5.88 Å². The van der Waals surface area contributed by atoms with Crippen LogP contribution < -0.4 is 10.5 Å². The topological polar surface area (TPSA) is 107 Å². The molecule has 0 bridgehead atoms. The van der Waals surface area contributed by atoms with Gasteiger partial charge in [-0.2, -0.15) is 4.98 Å². The maximum Gasteiger partial charge on any atom is 0.372 e. The molecule has 0 spiro atoms. The molecule has 0 saturated carbocycles. The molecule has 0 unspecified atom stereocenters. The fourth-order valence-corrected chi connectivity index (χ4v) is 1.46. The molecule has 1 rings (SSSR count). The third-order valence-electron chi connectivity index (χ3n) is 2.54. The van der Waals surface area contributed by atoms with Gasteiger partial charge >= 0.3 is 5.69 Å². The van der Waals surface area contributed by atoms with Gasteiger partial charge in [-0.15, -0.1) is 0 Å². The molecule has 0 aliphatic heterocycles. The lowest BCUT2D eigenvalue weighted by Gasteiger charge is -2.17. The Balaban J connectivity index is 2.67. The normalized spacial score (nSPS) is 10.6. The molecule has 0 fully saturated rings. The van der Waals surface area contributed by atoms with Crippen molar-refractivity contribution < 1.29 is 9.66 Å². The van der Waals surface area contributed by atoms with Crippen molar-refractivity contribution >= 4 is 11.5 Å². The predicted octanol–water partition coefficient (Wildman–Crippen LogP) is 0.688. The highest BCUT2D eigenvalue weighted by atomic mass is 16.6. The van der Waals surface area contributed by atoms with E-state index in [2.05, 4.69) is 14.9 Å². The molecule has 18 heavy (non-hydrogen) atoms. The Morgan fingerprint density at radius 1 is 1.44 bits per heavy atom. The molecule has 0 saturated heterocycles. The van der Waals surface area contributed by atoms with E-state index in [4.69, 9.17) is 10.5 Å². The molecular weight excluding hydrogens is 238 g/mol. The fourth-order valence-electron chi connectivity index (χ4n) is 1.46. The lowest BCUT2D eigenvalue weighted by Crippen LogP contribution is -2.28. The average Bonchev–Trinajstić information content (AvgIpc) is 2.34. The van der Waals surface area contributed by atoms with Gasteiger partial charge < -0.3 is 15.4 Å². The smallest absolute Gasteiger partial charge is 0.372 e. The number of hydrogen-bond donors (Lipinski definition) is 1. The van der Waals surface area contributed by atoms with E-state index in [-0.39, 0.29) is 17.4 Å². The second-order valence-corrected chi connectivity index (χ2v) is 3.55. The van der Waals surface area contributed by atoms with E-state index in [1.165, 1.54) is 0 Å². The van der Waals surface area contributed by atoms with Crippen LogP contribution in [0.1, 0.15) is 13.8 Å². The number of hydrogen-bond acceptors (Lipinski definition) is 7. The molecule has 8 heteroatoms. The Bertz CT molecular complexity index is 408. The van der Waals surface area contributed by atoms with E-state index >= 15 is 0 Å². The van der Waals surface area contributed by atoms with Crippen LogP contribution in [-0.4, -0.2) is 46.0 Å². The first-order chi connectivity index (χ1) is 8.60. The van der Waals surface area contributed by atoms with Crippen LogP contribution >= 0.6 is 0 Å². The van der Waals surface area contributed by atoms with Gasteiger partial charge in [-0.05, 0) is 13.1 Å². The first kappa shape index (κ1) is 14.1. The van der Waals surface area contributed by atoms with Crippen molar-refractivity contribution in [2.75, 3.05) is 32.0 Å². The molecule has 1 aromatic heterocycles. The zero-order valence-electron chi connectivity index (χ0n) is 10.5. The summed E-state index contributed by atoms with van der Waals surface area (Å²) in [4.78, 5) is 19.6. The SMILES string of the molecule is CCN(CC)CCOc1ncnc(N)c1[N+](=O)[O-]. The molecule has 8 nitrogen and oxygen atoms in total. The Morgan fingerprint density at radius 2 is 2.11 bits per heavy atom. The average molecular weight is 255 g/mol. The molecular formula is C10H17N5O3. The number of nitrogens with two attached hydrogens (primary N) is 1. The molecule has 2 N–H and O–H groups in total. The summed E-state index contributed by atoms with van der Waals surface area (Å²) in [6.45, 7) is 6.86. The van der Waals surface area contributed by atoms with Gasteiger partial charge in [-0.25, -0.2) is 4.98 Å². The summed E-state index contributed by atoms with van der Waals surface area (Å²) < 4.78 is 5.30. The molecule has 0 atom stereocenters. The zero-order valence-corrected chi connectivity index (χ0v) is 10.5. The summed E-state index contributed by atoms with van der Waals surface area (Å²) in [5.74, 6) is -0.271. The highest BCUT2D eigenvalue weighted by Crippen LogP contribution is 2.28. The van der Waals surface area contributed by atoms with Crippen LogP contribution in [0, 0.1) is 10.1 Å². The van der Waals surface area contributed by atoms with Gasteiger partial charge in [0.05, 0.1) is 4.92 Å². The summed E-state index contributed by atoms with van der Waals surface area (Å²) >= 11 is 0. The first-order valence-corrected chi connectivity index (χ1v) is 5.70. The standard InChI is InChI=1S/C10H17N5O3/c1-3-14(4-2)5-6-18-10-8(15(16)17)9(11)12-7-13-10/h7H,3-6H2,1-2H3,(H2,11,12,13). The van der Waals surface area contributed by atoms with Crippen LogP contribution in [0.25, 0.3) is 0 Å². The van der Waals surface area contributed by atoms with Gasteiger partial charge in [0, 0.05) is 6.54 Å². The molecule has 0 aliphatic carbocycles. The van der Waals surface area contributed by atoms with E-state index in [9.17, 15) is 10.1 Å². The van der Waals surface area contributed by atoms with Crippen molar-refractivity contribution in [1.82, 2.24) is 14.9 Å². The van der Waals surface area contributed by atoms with Crippen molar-refractivity contribution in [3.63, 3.8) is 0 Å². The second kappa shape index (κ2) is 6.70. The lowest BCUT2D eigenvalue weighted by molar-refractivity contribution is -0.385. The van der Waals surface area contributed by atoms with Gasteiger partial charge in [0.15, 0.2) is 0 Å². The molecule has 0 aliphatic rings. The van der Waals surface area contributed by atoms with Gasteiger partial charge in [-0.1, -0.05) is 13.8 Å². The summed E-state index contributed by atoms with van der Waals surface area (Å²) in [7, 11) is 0. The molecule has 0 aromatic carbocycles. The van der Waals surface area contributed by atoms with E-state index in [1.54, 1.807) is 0 Å². The van der Waals surface area contributed by atoms with Crippen LogP contribution in [0.5, 0.6) is 5.88 Å². The van der Waals surface area contributed by atoms with E-state index in [0.717, 1.165) is 19.4 Å². The second-order valence-electron chi connectivity index (χ2n) is 3.55. The van der Waals surface area contributed by atoms with Crippen molar-refractivity contribution in [3.05, 3.63) is 16.4 Å². The molecule has 100 valence electrons. The van der Waals surface area contributed by atoms with Crippen LogP contribution in [0.2, 0.25) is 0 Å². The number of ether oxygens (including phenoxy) is 1. The van der Waals surface area contributed by atoms with Crippen LogP contribution in [0.15, 0.2) is 6.33 Å². The number of aromatic nitrogens is 2. The quantitative estimate of drug-likeness (QED) is 0.564. The molecule has 1 heterocycles. The molecule has 0 radical (unpaired) electrons. The highest BCUT2D eigenvalue weighted by Gasteiger charge is 2.22. The van der Waals surface area contributed by atoms with Crippen molar-refractivity contribution in [1.29, 1.82) is 0 Å². The van der Waals surface area contributed by atoms with Crippen LogP contribution in [0.4, 0.5) is 11.5 Å². The minimum Gasteiger partial charge on any atom is -0.471 e. The Morgan fingerprint density at radius 3 is 2.67 bits per heavy atom. The summed E-state index contributed by atoms with van der Waals surface area (Å²) in [6, 6.07) is 0. The minimum absolute atomic E-state index is 0.0837. The fraction of sp³-hybridized carbons (Fsp3) is 0.600. The van der Waals surface area contributed by atoms with Crippen LogP contribution in [-0.2, 0) is 0 Å². The zero-order chi connectivity index (χ0) is 13.5. The largest absolute Gasteiger partial charge is 0.471 e. The maximum absolute atomic E-state index is 10.8. The third-order valence-corrected chi connectivity index (χ3v) is 2.54. The van der Waals surface area contributed by atoms with Gasteiger partial charge in [-0.3, -0.25) is 10.1 Å². The van der Waals surface area contributed by atoms with Gasteiger partial charge in [0.2, 0.25) is 5.82 Å². The van der Waals surface area contributed by atoms with E-state index in [0.29, 0.717) is 13.2 Å². The number of nitrogens with zero attached hydrogens (tertiary/aromatic N) is 4. The maximum atomic E-state index is 10.8. The third kappa shape index (κ3) is 3.52. The van der Waals surface area contributed by atoms with Crippen LogP contribution in [0.3, 0.4) is 0 Å². The minimum atomic E-state index is -0.637. The summed E-state index contributed by atoms with van der Waals surface area (Å²) in [5.41, 5.74) is 5.05. The Kier molecular flexibility index (Phi) is 5.25. The Labute approximate surface area is 105 Å². The van der Waals surface area contributed by atoms with Crippen molar-refractivity contribution in [2.24, 2.45) is 0 Å². The number of rotatable bonds is 7. The molecule has 1 aromatic rings. The molecule has 0 amide bonds. The Hall–Kier alpha value is -1.96. The summed E-state index contributed by atoms with van der Waals surface area (Å²) in [6.07, 6.45) is 1.15. The number of nitro groups is 1. The van der Waals surface area contributed by atoms with Crippen molar-refractivity contribution in [2.45, 2.75) is 13.8 Å². The highest BCUT2D eigenvalue weighted by molar-refractivity contribution is 5.57. The van der Waals surface area contributed by atoms with Gasteiger partial charge in [0.1, 0.15) is 12.9 Å². The van der Waals surface area contributed by atoms with E-state index < -0.39 is 4.92 Å². The van der Waals surface area contributed by atoms with E-state index in [1.807, 2.05) is 13.8 Å².